The summed E-state index contributed by atoms with van der Waals surface area (Å²) in [6.45, 7) is 6.86. The second-order valence-corrected chi connectivity index (χ2v) is 6.97. The third kappa shape index (κ3) is 4.54. The number of rotatable bonds is 8. The molecule has 114 valence electrons. The van der Waals surface area contributed by atoms with E-state index in [1.165, 1.54) is 37.7 Å². The molecule has 0 aliphatic rings. The van der Waals surface area contributed by atoms with E-state index in [0.29, 0.717) is 0 Å². The number of benzene rings is 1. The highest BCUT2D eigenvalue weighted by molar-refractivity contribution is 14.1. The van der Waals surface area contributed by atoms with Crippen LogP contribution in [0.5, 0.6) is 11.5 Å². The lowest BCUT2D eigenvalue weighted by molar-refractivity contribution is 0.381. The molecule has 0 aliphatic carbocycles. The van der Waals surface area contributed by atoms with E-state index in [-0.39, 0.29) is 5.41 Å². The SMILES string of the molecule is CCCCCCC(C)(C)c1cc(OC)c(I)c(OC)c1. The molecule has 3 heteroatoms. The molecule has 0 saturated carbocycles. The molecule has 20 heavy (non-hydrogen) atoms. The number of ether oxygens (including phenoxy) is 2. The maximum absolute atomic E-state index is 5.48. The van der Waals surface area contributed by atoms with Crippen LogP contribution in [-0.2, 0) is 5.41 Å². The van der Waals surface area contributed by atoms with E-state index in [9.17, 15) is 0 Å². The van der Waals surface area contributed by atoms with Gasteiger partial charge in [-0.3, -0.25) is 0 Å². The smallest absolute Gasteiger partial charge is 0.136 e. The lowest BCUT2D eigenvalue weighted by atomic mass is 9.80. The van der Waals surface area contributed by atoms with Crippen LogP contribution in [0.3, 0.4) is 0 Å². The minimum Gasteiger partial charge on any atom is -0.495 e. The Bertz CT molecular complexity index is 402. The number of halogens is 1. The van der Waals surface area contributed by atoms with Gasteiger partial charge in [-0.05, 0) is 52.1 Å². The molecule has 0 unspecified atom stereocenters. The Kier molecular flexibility index (Phi) is 7.13. The highest BCUT2D eigenvalue weighted by Crippen LogP contribution is 2.38. The number of unbranched alkanes of at least 4 members (excludes halogenated alkanes) is 3. The quantitative estimate of drug-likeness (QED) is 0.428. The molecule has 0 atom stereocenters. The van der Waals surface area contributed by atoms with Crippen LogP contribution in [0, 0.1) is 3.57 Å². The zero-order valence-electron chi connectivity index (χ0n) is 13.4. The summed E-state index contributed by atoms with van der Waals surface area (Å²) < 4.78 is 12.0. The van der Waals surface area contributed by atoms with Crippen molar-refractivity contribution in [3.63, 3.8) is 0 Å². The minimum atomic E-state index is 0.151. The molecule has 0 bridgehead atoms. The van der Waals surface area contributed by atoms with Gasteiger partial charge in [0.1, 0.15) is 11.5 Å². The summed E-state index contributed by atoms with van der Waals surface area (Å²) in [6, 6.07) is 4.31. The van der Waals surface area contributed by atoms with Crippen LogP contribution in [0.2, 0.25) is 0 Å². The van der Waals surface area contributed by atoms with Crippen molar-refractivity contribution in [3.05, 3.63) is 21.3 Å². The summed E-state index contributed by atoms with van der Waals surface area (Å²) >= 11 is 2.28. The van der Waals surface area contributed by atoms with Crippen LogP contribution in [0.1, 0.15) is 58.4 Å². The summed E-state index contributed by atoms with van der Waals surface area (Å²) in [4.78, 5) is 0. The molecule has 0 fully saturated rings. The van der Waals surface area contributed by atoms with Gasteiger partial charge < -0.3 is 9.47 Å². The molecule has 0 saturated heterocycles. The van der Waals surface area contributed by atoms with Crippen molar-refractivity contribution in [1.82, 2.24) is 0 Å². The van der Waals surface area contributed by atoms with E-state index in [0.717, 1.165) is 15.1 Å². The Balaban J connectivity index is 2.93. The molecule has 0 aliphatic heterocycles. The van der Waals surface area contributed by atoms with Crippen molar-refractivity contribution in [2.24, 2.45) is 0 Å². The second-order valence-electron chi connectivity index (χ2n) is 5.89. The Morgan fingerprint density at radius 3 is 2.00 bits per heavy atom. The number of hydrogen-bond acceptors (Lipinski definition) is 2. The van der Waals surface area contributed by atoms with Gasteiger partial charge in [-0.25, -0.2) is 0 Å². The summed E-state index contributed by atoms with van der Waals surface area (Å²) in [7, 11) is 3.43. The zero-order valence-corrected chi connectivity index (χ0v) is 15.5. The van der Waals surface area contributed by atoms with Gasteiger partial charge in [0, 0.05) is 0 Å². The molecule has 0 radical (unpaired) electrons. The molecule has 0 amide bonds. The highest BCUT2D eigenvalue weighted by Gasteiger charge is 2.23. The zero-order chi connectivity index (χ0) is 15.2. The summed E-state index contributed by atoms with van der Waals surface area (Å²) in [5.41, 5.74) is 1.45. The largest absolute Gasteiger partial charge is 0.495 e. The second kappa shape index (κ2) is 8.11. The summed E-state index contributed by atoms with van der Waals surface area (Å²) in [5, 5.41) is 0. The van der Waals surface area contributed by atoms with Crippen molar-refractivity contribution in [3.8, 4) is 11.5 Å². The van der Waals surface area contributed by atoms with E-state index < -0.39 is 0 Å². The lowest BCUT2D eigenvalue weighted by Gasteiger charge is -2.27. The fraction of sp³-hybridized carbons (Fsp3) is 0.647. The van der Waals surface area contributed by atoms with E-state index >= 15 is 0 Å². The molecule has 0 spiro atoms. The third-order valence-corrected chi connectivity index (χ3v) is 4.95. The van der Waals surface area contributed by atoms with Crippen LogP contribution in [0.25, 0.3) is 0 Å². The van der Waals surface area contributed by atoms with Crippen molar-refractivity contribution in [1.29, 1.82) is 0 Å². The van der Waals surface area contributed by atoms with E-state index in [2.05, 4.69) is 55.5 Å². The Hall–Kier alpha value is -0.450. The van der Waals surface area contributed by atoms with Gasteiger partial charge in [0.2, 0.25) is 0 Å². The average molecular weight is 390 g/mol. The third-order valence-electron chi connectivity index (χ3n) is 3.88. The monoisotopic (exact) mass is 390 g/mol. The number of hydrogen-bond donors (Lipinski definition) is 0. The van der Waals surface area contributed by atoms with Gasteiger partial charge in [-0.15, -0.1) is 0 Å². The van der Waals surface area contributed by atoms with E-state index in [1.807, 2.05) is 0 Å². The van der Waals surface area contributed by atoms with Gasteiger partial charge >= 0.3 is 0 Å². The summed E-state index contributed by atoms with van der Waals surface area (Å²) in [5.74, 6) is 1.81. The van der Waals surface area contributed by atoms with Crippen LogP contribution < -0.4 is 9.47 Å². The lowest BCUT2D eigenvalue weighted by Crippen LogP contribution is -2.17. The molecule has 0 aromatic heterocycles. The molecule has 0 heterocycles. The molecule has 0 N–H and O–H groups in total. The van der Waals surface area contributed by atoms with E-state index in [4.69, 9.17) is 9.47 Å². The molecule has 1 aromatic rings. The summed E-state index contributed by atoms with van der Waals surface area (Å²) in [6.07, 6.45) is 6.40. The van der Waals surface area contributed by atoms with Gasteiger partial charge in [0.25, 0.3) is 0 Å². The molecule has 1 aromatic carbocycles. The predicted molar refractivity (Wildman–Crippen MR) is 94.0 cm³/mol. The van der Waals surface area contributed by atoms with Crippen molar-refractivity contribution >= 4 is 22.6 Å². The maximum atomic E-state index is 5.48. The molecule has 1 rings (SSSR count). The van der Waals surface area contributed by atoms with Crippen molar-refractivity contribution in [2.45, 2.75) is 58.3 Å². The van der Waals surface area contributed by atoms with Crippen molar-refractivity contribution in [2.75, 3.05) is 14.2 Å². The fourth-order valence-electron chi connectivity index (χ4n) is 2.40. The highest BCUT2D eigenvalue weighted by atomic mass is 127. The topological polar surface area (TPSA) is 18.5 Å². The van der Waals surface area contributed by atoms with Gasteiger partial charge in [0.15, 0.2) is 0 Å². The van der Waals surface area contributed by atoms with Crippen LogP contribution in [0.15, 0.2) is 12.1 Å². The Labute approximate surface area is 137 Å². The minimum absolute atomic E-state index is 0.151. The maximum Gasteiger partial charge on any atom is 0.136 e. The van der Waals surface area contributed by atoms with Gasteiger partial charge in [-0.1, -0.05) is 46.5 Å². The van der Waals surface area contributed by atoms with Crippen LogP contribution in [-0.4, -0.2) is 14.2 Å². The predicted octanol–water partition coefficient (Wildman–Crippen LogP) is 5.56. The van der Waals surface area contributed by atoms with Gasteiger partial charge in [0.05, 0.1) is 17.8 Å². The van der Waals surface area contributed by atoms with Crippen molar-refractivity contribution < 1.29 is 9.47 Å². The first-order chi connectivity index (χ1) is 9.46. The molecular weight excluding hydrogens is 363 g/mol. The molecule has 2 nitrogen and oxygen atoms in total. The Morgan fingerprint density at radius 2 is 1.55 bits per heavy atom. The fourth-order valence-corrected chi connectivity index (χ4v) is 3.15. The normalized spacial score (nSPS) is 11.5. The average Bonchev–Trinajstić information content (AvgIpc) is 2.43. The van der Waals surface area contributed by atoms with E-state index in [1.54, 1.807) is 14.2 Å². The Morgan fingerprint density at radius 1 is 1.00 bits per heavy atom. The first-order valence-corrected chi connectivity index (χ1v) is 8.46. The molecular formula is C17H27IO2. The van der Waals surface area contributed by atoms with Gasteiger partial charge in [-0.2, -0.15) is 0 Å². The first-order valence-electron chi connectivity index (χ1n) is 7.38. The first kappa shape index (κ1) is 17.6. The van der Waals surface area contributed by atoms with Crippen LogP contribution >= 0.6 is 22.6 Å². The number of methoxy groups -OCH3 is 2. The standard InChI is InChI=1S/C17H27IO2/c1-6-7-8-9-10-17(2,3)13-11-14(19-4)16(18)15(12-13)20-5/h11-12H,6-10H2,1-5H3. The van der Waals surface area contributed by atoms with Crippen LogP contribution in [0.4, 0.5) is 0 Å².